The zero-order valence-corrected chi connectivity index (χ0v) is 62.5. The van der Waals surface area contributed by atoms with E-state index in [1.54, 1.807) is 0 Å². The second kappa shape index (κ2) is 66.4. The van der Waals surface area contributed by atoms with Crippen molar-refractivity contribution >= 4 is 39.5 Å². The third-order valence-electron chi connectivity index (χ3n) is 16.8. The van der Waals surface area contributed by atoms with Crippen molar-refractivity contribution in [2.24, 2.45) is 11.8 Å². The van der Waals surface area contributed by atoms with Crippen molar-refractivity contribution in [1.82, 2.24) is 0 Å². The van der Waals surface area contributed by atoms with Gasteiger partial charge in [-0.1, -0.05) is 310 Å². The Labute approximate surface area is 573 Å². The number of phosphoric acid groups is 2. The van der Waals surface area contributed by atoms with Crippen LogP contribution in [0.1, 0.15) is 363 Å². The minimum absolute atomic E-state index is 0.100. The lowest BCUT2D eigenvalue weighted by molar-refractivity contribution is -0.161. The first kappa shape index (κ1) is 91.5. The number of esters is 4. The maximum Gasteiger partial charge on any atom is 0.472 e. The molecule has 0 heterocycles. The molecule has 0 fully saturated rings. The van der Waals surface area contributed by atoms with Gasteiger partial charge in [-0.05, 0) is 63.2 Å². The van der Waals surface area contributed by atoms with Crippen LogP contribution in [0.15, 0.2) is 24.3 Å². The molecule has 17 nitrogen and oxygen atoms in total. The molecule has 0 aromatic rings. The molecule has 0 spiro atoms. The minimum Gasteiger partial charge on any atom is -0.462 e. The fraction of sp³-hybridized carbons (Fsp3) is 0.893. The van der Waals surface area contributed by atoms with Crippen molar-refractivity contribution in [3.8, 4) is 0 Å². The van der Waals surface area contributed by atoms with Gasteiger partial charge < -0.3 is 33.8 Å². The fourth-order valence-corrected chi connectivity index (χ4v) is 12.5. The highest BCUT2D eigenvalue weighted by Crippen LogP contribution is 2.45. The van der Waals surface area contributed by atoms with Gasteiger partial charge in [0.05, 0.1) is 26.4 Å². The average Bonchev–Trinajstić information content (AvgIpc) is 3.68. The largest absolute Gasteiger partial charge is 0.472 e. The lowest BCUT2D eigenvalue weighted by Gasteiger charge is -2.21. The third kappa shape index (κ3) is 68.1. The summed E-state index contributed by atoms with van der Waals surface area (Å²) in [5.41, 5.74) is 0. The predicted molar refractivity (Wildman–Crippen MR) is 381 cm³/mol. The molecule has 0 saturated carbocycles. The first-order valence-electron chi connectivity index (χ1n) is 38.3. The van der Waals surface area contributed by atoms with Gasteiger partial charge in [0.1, 0.15) is 19.3 Å². The second-order valence-electron chi connectivity index (χ2n) is 27.3. The molecule has 2 unspecified atom stereocenters. The molecule has 0 rings (SSSR count). The summed E-state index contributed by atoms with van der Waals surface area (Å²) in [5.74, 6) is -0.612. The van der Waals surface area contributed by atoms with Gasteiger partial charge in [-0.25, -0.2) is 9.13 Å². The molecular formula is C75H142O17P2. The van der Waals surface area contributed by atoms with Crippen LogP contribution in [0.3, 0.4) is 0 Å². The van der Waals surface area contributed by atoms with E-state index in [0.29, 0.717) is 25.7 Å². The fourth-order valence-electron chi connectivity index (χ4n) is 10.9. The molecule has 0 bridgehead atoms. The van der Waals surface area contributed by atoms with E-state index in [1.807, 2.05) is 0 Å². The van der Waals surface area contributed by atoms with E-state index in [1.165, 1.54) is 161 Å². The average molecular weight is 1380 g/mol. The summed E-state index contributed by atoms with van der Waals surface area (Å²) < 4.78 is 68.4. The third-order valence-corrected chi connectivity index (χ3v) is 18.7. The summed E-state index contributed by atoms with van der Waals surface area (Å²) in [5, 5.41) is 10.6. The number of aliphatic hydroxyl groups excluding tert-OH is 1. The number of ether oxygens (including phenoxy) is 4. The van der Waals surface area contributed by atoms with E-state index >= 15 is 0 Å². The number of phosphoric ester groups is 2. The summed E-state index contributed by atoms with van der Waals surface area (Å²) >= 11 is 0. The quantitative estimate of drug-likeness (QED) is 0.0169. The van der Waals surface area contributed by atoms with Crippen LogP contribution in [-0.2, 0) is 65.4 Å². The van der Waals surface area contributed by atoms with Crippen LogP contribution >= 0.6 is 15.6 Å². The van der Waals surface area contributed by atoms with E-state index in [-0.39, 0.29) is 25.7 Å². The summed E-state index contributed by atoms with van der Waals surface area (Å²) in [4.78, 5) is 72.7. The van der Waals surface area contributed by atoms with Crippen molar-refractivity contribution in [2.45, 2.75) is 381 Å². The zero-order valence-electron chi connectivity index (χ0n) is 60.7. The molecular weight excluding hydrogens is 1230 g/mol. The van der Waals surface area contributed by atoms with Crippen LogP contribution in [-0.4, -0.2) is 96.7 Å². The van der Waals surface area contributed by atoms with Gasteiger partial charge in [-0.2, -0.15) is 0 Å². The monoisotopic (exact) mass is 1380 g/mol. The lowest BCUT2D eigenvalue weighted by atomic mass is 10.0. The molecule has 0 aliphatic heterocycles. The van der Waals surface area contributed by atoms with Gasteiger partial charge in [0.2, 0.25) is 0 Å². The number of unbranched alkanes of at least 4 members (excludes halogenated alkanes) is 39. The van der Waals surface area contributed by atoms with E-state index in [4.69, 9.17) is 37.0 Å². The standard InChI is InChI=1S/C75H142O17P2/c1-7-9-11-13-15-17-19-20-21-24-27-34-40-46-52-58-73(78)86-64-71(91-74(79)59-53-47-41-35-28-25-22-23-26-31-37-43-49-55-67(3)4)66-90-94(83,84)88-62-69(76)61-87-93(81,82)89-65-70(63-85-72(77)57-51-45-39-33-18-16-14-12-10-8-2)92-75(80)60-54-48-42-36-30-29-32-38-44-50-56-68(5)6/h17,19-21,67-71,76H,7-16,18,22-66H2,1-6H3,(H,81,82)(H,83,84)/b19-17-,21-20-/t69-,70+,71+/m0/s1. The molecule has 0 amide bonds. The van der Waals surface area contributed by atoms with E-state index < -0.39 is 97.5 Å². The van der Waals surface area contributed by atoms with Crippen molar-refractivity contribution in [3.05, 3.63) is 24.3 Å². The number of rotatable bonds is 72. The molecule has 3 N–H and O–H groups in total. The van der Waals surface area contributed by atoms with Gasteiger partial charge >= 0.3 is 39.5 Å². The number of allylic oxidation sites excluding steroid dienone is 4. The van der Waals surface area contributed by atoms with Gasteiger partial charge in [0.15, 0.2) is 12.2 Å². The number of hydrogen-bond acceptors (Lipinski definition) is 15. The van der Waals surface area contributed by atoms with Crippen LogP contribution in [0.25, 0.3) is 0 Å². The molecule has 554 valence electrons. The van der Waals surface area contributed by atoms with Crippen molar-refractivity contribution in [3.63, 3.8) is 0 Å². The first-order chi connectivity index (χ1) is 45.4. The van der Waals surface area contributed by atoms with Gasteiger partial charge in [0.25, 0.3) is 0 Å². The summed E-state index contributed by atoms with van der Waals surface area (Å²) in [6, 6.07) is 0. The van der Waals surface area contributed by atoms with Crippen LogP contribution in [0.4, 0.5) is 0 Å². The number of aliphatic hydroxyl groups is 1. The molecule has 0 aliphatic rings. The van der Waals surface area contributed by atoms with Gasteiger partial charge in [-0.3, -0.25) is 37.3 Å². The molecule has 0 aromatic carbocycles. The first-order valence-corrected chi connectivity index (χ1v) is 41.3. The Kier molecular flexibility index (Phi) is 64.7. The lowest BCUT2D eigenvalue weighted by Crippen LogP contribution is -2.30. The molecule has 0 aliphatic carbocycles. The second-order valence-corrected chi connectivity index (χ2v) is 30.2. The Morgan fingerprint density at radius 2 is 0.574 bits per heavy atom. The molecule has 19 heteroatoms. The highest BCUT2D eigenvalue weighted by molar-refractivity contribution is 7.47. The predicted octanol–water partition coefficient (Wildman–Crippen LogP) is 21.5. The van der Waals surface area contributed by atoms with Crippen molar-refractivity contribution in [2.75, 3.05) is 39.6 Å². The molecule has 0 radical (unpaired) electrons. The molecule has 94 heavy (non-hydrogen) atoms. The SMILES string of the molecule is CCCCCC/C=C\C=C/CCCCCCCC(=O)OC[C@H](COP(=O)(O)OC[C@@H](O)COP(=O)(O)OC[C@@H](COC(=O)CCCCCCCCCCCC)OC(=O)CCCCCCCCCCCCC(C)C)OC(=O)CCCCCCCCCCCCCCCC(C)C. The Morgan fingerprint density at radius 1 is 0.330 bits per heavy atom. The van der Waals surface area contributed by atoms with Crippen LogP contribution in [0.2, 0.25) is 0 Å². The van der Waals surface area contributed by atoms with Crippen molar-refractivity contribution in [1.29, 1.82) is 0 Å². The van der Waals surface area contributed by atoms with Crippen LogP contribution < -0.4 is 0 Å². The maximum atomic E-state index is 13.1. The number of hydrogen-bond donors (Lipinski definition) is 3. The highest BCUT2D eigenvalue weighted by Gasteiger charge is 2.30. The summed E-state index contributed by atoms with van der Waals surface area (Å²) in [6.07, 6.45) is 56.2. The topological polar surface area (TPSA) is 237 Å². The Morgan fingerprint density at radius 3 is 0.872 bits per heavy atom. The highest BCUT2D eigenvalue weighted by atomic mass is 31.2. The van der Waals surface area contributed by atoms with E-state index in [9.17, 15) is 43.2 Å². The molecule has 5 atom stereocenters. The number of carbonyl (C=O) groups is 4. The Hall–Kier alpha value is -2.46. The van der Waals surface area contributed by atoms with Crippen LogP contribution in [0.5, 0.6) is 0 Å². The Balaban J connectivity index is 5.29. The van der Waals surface area contributed by atoms with Crippen LogP contribution in [0, 0.1) is 11.8 Å². The molecule has 0 aromatic heterocycles. The normalized spacial score (nSPS) is 14.2. The molecule has 0 saturated heterocycles. The van der Waals surface area contributed by atoms with Gasteiger partial charge in [-0.15, -0.1) is 0 Å². The maximum absolute atomic E-state index is 13.1. The van der Waals surface area contributed by atoms with Gasteiger partial charge in [0, 0.05) is 25.7 Å². The summed E-state index contributed by atoms with van der Waals surface area (Å²) in [7, 11) is -9.92. The minimum atomic E-state index is -4.96. The number of carbonyl (C=O) groups excluding carboxylic acids is 4. The van der Waals surface area contributed by atoms with E-state index in [2.05, 4.69) is 65.8 Å². The Bertz CT molecular complexity index is 1910. The zero-order chi connectivity index (χ0) is 69.3. The van der Waals surface area contributed by atoms with E-state index in [0.717, 1.165) is 121 Å². The smallest absolute Gasteiger partial charge is 0.462 e. The summed E-state index contributed by atoms with van der Waals surface area (Å²) in [6.45, 7) is 9.52. The van der Waals surface area contributed by atoms with Crippen molar-refractivity contribution < 1.29 is 80.2 Å².